The molecule has 0 aliphatic heterocycles. The fourth-order valence-corrected chi connectivity index (χ4v) is 2.21. The highest BCUT2D eigenvalue weighted by molar-refractivity contribution is 5.95. The van der Waals surface area contributed by atoms with Gasteiger partial charge >= 0.3 is 11.9 Å². The van der Waals surface area contributed by atoms with Crippen LogP contribution in [-0.2, 0) is 30.5 Å². The fraction of sp³-hybridized carbons (Fsp3) is 0.312. The molecule has 2 aromatic rings. The van der Waals surface area contributed by atoms with Crippen LogP contribution in [0.3, 0.4) is 0 Å². The molecule has 1 heterocycles. The van der Waals surface area contributed by atoms with Gasteiger partial charge in [0.25, 0.3) is 0 Å². The molecule has 0 amide bonds. The summed E-state index contributed by atoms with van der Waals surface area (Å²) in [6, 6.07) is 3.69. The first-order valence-electron chi connectivity index (χ1n) is 6.89. The summed E-state index contributed by atoms with van der Waals surface area (Å²) < 4.78 is 16.3. The Morgan fingerprint density at radius 3 is 2.65 bits per heavy atom. The number of aryl methyl sites for hydroxylation is 1. The minimum atomic E-state index is -0.715. The van der Waals surface area contributed by atoms with E-state index in [1.807, 2.05) is 25.3 Å². The monoisotopic (exact) mass is 318 g/mol. The zero-order chi connectivity index (χ0) is 17.0. The van der Waals surface area contributed by atoms with Crippen molar-refractivity contribution in [2.45, 2.75) is 20.6 Å². The third-order valence-corrected chi connectivity index (χ3v) is 3.07. The van der Waals surface area contributed by atoms with Crippen LogP contribution in [-0.4, -0.2) is 35.9 Å². The average Bonchev–Trinajstić information content (AvgIpc) is 2.89. The van der Waals surface area contributed by atoms with Crippen LogP contribution >= 0.6 is 0 Å². The summed E-state index contributed by atoms with van der Waals surface area (Å²) in [4.78, 5) is 22.8. The molecule has 0 atom stereocenters. The van der Waals surface area contributed by atoms with Gasteiger partial charge in [0.15, 0.2) is 0 Å². The zero-order valence-corrected chi connectivity index (χ0v) is 13.5. The quantitative estimate of drug-likeness (QED) is 0.477. The highest BCUT2D eigenvalue weighted by atomic mass is 16.6. The van der Waals surface area contributed by atoms with E-state index in [1.54, 1.807) is 11.8 Å². The van der Waals surface area contributed by atoms with Gasteiger partial charge in [-0.3, -0.25) is 4.79 Å². The first-order valence-corrected chi connectivity index (χ1v) is 6.89. The number of methoxy groups -OCH3 is 2. The summed E-state index contributed by atoms with van der Waals surface area (Å²) in [5.41, 5.74) is 2.47. The number of rotatable bonds is 5. The molecule has 0 spiro atoms. The predicted molar refractivity (Wildman–Crippen MR) is 83.2 cm³/mol. The van der Waals surface area contributed by atoms with E-state index in [1.165, 1.54) is 20.1 Å². The van der Waals surface area contributed by atoms with E-state index in [2.05, 4.69) is 9.84 Å². The molecule has 0 aliphatic carbocycles. The molecule has 0 aliphatic rings. The maximum atomic E-state index is 11.7. The average molecular weight is 318 g/mol. The summed E-state index contributed by atoms with van der Waals surface area (Å²) in [6.07, 6.45) is 3.31. The largest absolute Gasteiger partial charge is 0.463 e. The van der Waals surface area contributed by atoms with Crippen LogP contribution in [0.25, 0.3) is 17.0 Å². The molecule has 0 bridgehead atoms. The van der Waals surface area contributed by atoms with E-state index in [4.69, 9.17) is 9.47 Å². The van der Waals surface area contributed by atoms with Crippen LogP contribution in [0, 0.1) is 6.92 Å². The molecule has 0 radical (unpaired) electrons. The van der Waals surface area contributed by atoms with Crippen LogP contribution in [0.5, 0.6) is 0 Å². The molecule has 1 aromatic carbocycles. The van der Waals surface area contributed by atoms with Crippen molar-refractivity contribution < 1.29 is 23.8 Å². The van der Waals surface area contributed by atoms with E-state index in [-0.39, 0.29) is 5.76 Å². The molecule has 0 saturated heterocycles. The van der Waals surface area contributed by atoms with Gasteiger partial charge in [0.2, 0.25) is 5.76 Å². The van der Waals surface area contributed by atoms with Crippen LogP contribution in [0.2, 0.25) is 0 Å². The van der Waals surface area contributed by atoms with Gasteiger partial charge in [-0.05, 0) is 36.3 Å². The third-order valence-electron chi connectivity index (χ3n) is 3.07. The van der Waals surface area contributed by atoms with Gasteiger partial charge in [-0.1, -0.05) is 0 Å². The number of carbonyl (C=O) groups excluding carboxylic acids is 2. The van der Waals surface area contributed by atoms with Crippen molar-refractivity contribution in [1.29, 1.82) is 0 Å². The lowest BCUT2D eigenvalue weighted by Crippen LogP contribution is -2.11. The molecule has 1 aromatic heterocycles. The number of nitrogens with zero attached hydrogens (tertiary/aromatic N) is 2. The molecule has 0 unspecified atom stereocenters. The van der Waals surface area contributed by atoms with E-state index in [0.717, 1.165) is 16.5 Å². The molecule has 122 valence electrons. The number of hydrogen-bond donors (Lipinski definition) is 0. The molecule has 2 rings (SSSR count). The first-order chi connectivity index (χ1) is 10.9. The highest BCUT2D eigenvalue weighted by Gasteiger charge is 2.14. The van der Waals surface area contributed by atoms with Crippen molar-refractivity contribution >= 4 is 28.9 Å². The second-order valence-electron chi connectivity index (χ2n) is 4.96. The predicted octanol–water partition coefficient (Wildman–Crippen LogP) is 2.03. The number of esters is 2. The van der Waals surface area contributed by atoms with Crippen molar-refractivity contribution in [2.75, 3.05) is 14.2 Å². The molecule has 7 heteroatoms. The van der Waals surface area contributed by atoms with Crippen LogP contribution < -0.4 is 0 Å². The molecular formula is C16H18N2O5. The SMILES string of the molecule is COCn1cc2cc(/C=C(/OC(C)=O)C(=O)OC)cc(C)c2n1. The number of aromatic nitrogens is 2. The number of hydrogen-bond acceptors (Lipinski definition) is 6. The van der Waals surface area contributed by atoms with E-state index in [9.17, 15) is 9.59 Å². The maximum Gasteiger partial charge on any atom is 0.374 e. The lowest BCUT2D eigenvalue weighted by atomic mass is 10.1. The third kappa shape index (κ3) is 3.95. The summed E-state index contributed by atoms with van der Waals surface area (Å²) in [5.74, 6) is -1.47. The van der Waals surface area contributed by atoms with Crippen molar-refractivity contribution in [1.82, 2.24) is 9.78 Å². The zero-order valence-electron chi connectivity index (χ0n) is 13.5. The van der Waals surface area contributed by atoms with Crippen LogP contribution in [0.4, 0.5) is 0 Å². The van der Waals surface area contributed by atoms with Crippen molar-refractivity contribution in [3.63, 3.8) is 0 Å². The molecule has 7 nitrogen and oxygen atoms in total. The Balaban J connectivity index is 2.46. The molecule has 0 N–H and O–H groups in total. The number of ether oxygens (including phenoxy) is 3. The standard InChI is InChI=1S/C16H18N2O5/c1-10-5-12(7-14(16(20)22-4)23-11(2)19)6-13-8-18(9-21-3)17-15(10)13/h5-8H,9H2,1-4H3/b14-7+. The number of fused-ring (bicyclic) bond motifs is 1. The van der Waals surface area contributed by atoms with E-state index < -0.39 is 11.9 Å². The Morgan fingerprint density at radius 2 is 2.04 bits per heavy atom. The number of carbonyl (C=O) groups is 2. The van der Waals surface area contributed by atoms with Crippen molar-refractivity contribution in [3.05, 3.63) is 35.2 Å². The van der Waals surface area contributed by atoms with Gasteiger partial charge in [0, 0.05) is 25.6 Å². The second-order valence-corrected chi connectivity index (χ2v) is 4.96. The van der Waals surface area contributed by atoms with Crippen molar-refractivity contribution in [3.8, 4) is 0 Å². The Hall–Kier alpha value is -2.67. The summed E-state index contributed by atoms with van der Waals surface area (Å²) in [6.45, 7) is 3.48. The Morgan fingerprint density at radius 1 is 1.30 bits per heavy atom. The second kappa shape index (κ2) is 7.06. The molecule has 0 saturated carbocycles. The van der Waals surface area contributed by atoms with E-state index in [0.29, 0.717) is 12.3 Å². The molecular weight excluding hydrogens is 300 g/mol. The van der Waals surface area contributed by atoms with Crippen LogP contribution in [0.15, 0.2) is 24.1 Å². The van der Waals surface area contributed by atoms with Crippen molar-refractivity contribution in [2.24, 2.45) is 0 Å². The molecule has 23 heavy (non-hydrogen) atoms. The van der Waals surface area contributed by atoms with E-state index >= 15 is 0 Å². The summed E-state index contributed by atoms with van der Waals surface area (Å²) in [7, 11) is 2.82. The minimum absolute atomic E-state index is 0.164. The Kier molecular flexibility index (Phi) is 5.13. The van der Waals surface area contributed by atoms with Gasteiger partial charge in [0.1, 0.15) is 6.73 Å². The van der Waals surface area contributed by atoms with Crippen LogP contribution in [0.1, 0.15) is 18.1 Å². The summed E-state index contributed by atoms with van der Waals surface area (Å²) >= 11 is 0. The topological polar surface area (TPSA) is 79.7 Å². The first kappa shape index (κ1) is 16.7. The van der Waals surface area contributed by atoms with Gasteiger partial charge in [-0.2, -0.15) is 5.10 Å². The van der Waals surface area contributed by atoms with Gasteiger partial charge in [-0.15, -0.1) is 0 Å². The lowest BCUT2D eigenvalue weighted by molar-refractivity contribution is -0.148. The van der Waals surface area contributed by atoms with Gasteiger partial charge in [-0.25, -0.2) is 9.48 Å². The smallest absolute Gasteiger partial charge is 0.374 e. The Bertz CT molecular complexity index is 776. The minimum Gasteiger partial charge on any atom is -0.463 e. The number of benzene rings is 1. The summed E-state index contributed by atoms with van der Waals surface area (Å²) in [5, 5.41) is 5.31. The Labute approximate surface area is 133 Å². The maximum absolute atomic E-state index is 11.7. The fourth-order valence-electron chi connectivity index (χ4n) is 2.21. The normalized spacial score (nSPS) is 11.6. The van der Waals surface area contributed by atoms with Gasteiger partial charge in [0.05, 0.1) is 12.6 Å². The van der Waals surface area contributed by atoms with Gasteiger partial charge < -0.3 is 14.2 Å². The highest BCUT2D eigenvalue weighted by Crippen LogP contribution is 2.21. The lowest BCUT2D eigenvalue weighted by Gasteiger charge is -2.05. The molecule has 0 fully saturated rings.